The molecule has 7 nitrogen and oxygen atoms in total. The number of furan rings is 1. The van der Waals surface area contributed by atoms with Crippen molar-refractivity contribution in [3.63, 3.8) is 0 Å². The van der Waals surface area contributed by atoms with Crippen LogP contribution in [0.4, 0.5) is 0 Å². The lowest BCUT2D eigenvalue weighted by Gasteiger charge is -2.27. The SMILES string of the molecule is COCC[NH+](CC(=O)N(CCc1ccccc1)Cc1ccc(C)o1)[C@H](C)C(=O)OC. The van der Waals surface area contributed by atoms with Gasteiger partial charge < -0.3 is 23.7 Å². The van der Waals surface area contributed by atoms with E-state index in [0.29, 0.717) is 26.2 Å². The summed E-state index contributed by atoms with van der Waals surface area (Å²) in [7, 11) is 2.97. The zero-order valence-electron chi connectivity index (χ0n) is 18.3. The summed E-state index contributed by atoms with van der Waals surface area (Å²) in [6.45, 7) is 5.77. The van der Waals surface area contributed by atoms with E-state index in [1.165, 1.54) is 7.11 Å². The highest BCUT2D eigenvalue weighted by Crippen LogP contribution is 2.11. The Morgan fingerprint density at radius 1 is 1.13 bits per heavy atom. The molecule has 7 heteroatoms. The molecule has 0 aliphatic carbocycles. The molecule has 1 aromatic carbocycles. The topological polar surface area (TPSA) is 73.4 Å². The summed E-state index contributed by atoms with van der Waals surface area (Å²) >= 11 is 0. The van der Waals surface area contributed by atoms with Crippen LogP contribution in [0.15, 0.2) is 46.9 Å². The number of nitrogens with one attached hydrogen (secondary N) is 1. The summed E-state index contributed by atoms with van der Waals surface area (Å²) < 4.78 is 15.7. The van der Waals surface area contributed by atoms with E-state index in [4.69, 9.17) is 13.9 Å². The summed E-state index contributed by atoms with van der Waals surface area (Å²) in [6, 6.07) is 13.4. The van der Waals surface area contributed by atoms with Crippen LogP contribution in [0.5, 0.6) is 0 Å². The van der Waals surface area contributed by atoms with Crippen molar-refractivity contribution < 1.29 is 28.4 Å². The molecule has 0 saturated heterocycles. The number of aryl methyl sites for hydroxylation is 1. The molecule has 0 spiro atoms. The van der Waals surface area contributed by atoms with E-state index in [1.807, 2.05) is 37.3 Å². The van der Waals surface area contributed by atoms with Crippen molar-refractivity contribution in [3.8, 4) is 0 Å². The van der Waals surface area contributed by atoms with Crippen LogP contribution in [0.25, 0.3) is 0 Å². The van der Waals surface area contributed by atoms with Crippen molar-refractivity contribution in [2.24, 2.45) is 0 Å². The van der Waals surface area contributed by atoms with Crippen LogP contribution in [0.2, 0.25) is 0 Å². The number of hydrogen-bond donors (Lipinski definition) is 1. The lowest BCUT2D eigenvalue weighted by atomic mass is 10.1. The molecule has 1 unspecified atom stereocenters. The second-order valence-corrected chi connectivity index (χ2v) is 7.39. The van der Waals surface area contributed by atoms with Gasteiger partial charge >= 0.3 is 5.97 Å². The van der Waals surface area contributed by atoms with Gasteiger partial charge in [0.05, 0.1) is 20.3 Å². The third-order valence-electron chi connectivity index (χ3n) is 5.18. The highest BCUT2D eigenvalue weighted by molar-refractivity contribution is 5.78. The number of benzene rings is 1. The quantitative estimate of drug-likeness (QED) is 0.526. The van der Waals surface area contributed by atoms with Gasteiger partial charge in [0, 0.05) is 13.7 Å². The molecule has 1 heterocycles. The normalized spacial score (nSPS) is 12.9. The van der Waals surface area contributed by atoms with E-state index in [-0.39, 0.29) is 18.4 Å². The number of carbonyl (C=O) groups excluding carboxylic acids is 2. The molecule has 2 rings (SSSR count). The van der Waals surface area contributed by atoms with Gasteiger partial charge in [0.25, 0.3) is 5.91 Å². The molecule has 2 aromatic rings. The minimum absolute atomic E-state index is 0.0400. The van der Waals surface area contributed by atoms with E-state index < -0.39 is 6.04 Å². The molecule has 164 valence electrons. The molecule has 1 aromatic heterocycles. The smallest absolute Gasteiger partial charge is 0.364 e. The standard InChI is InChI=1S/C23H32N2O5/c1-18-10-11-21(30-18)16-25(13-12-20-8-6-5-7-9-20)22(26)17-24(14-15-28-3)19(2)23(27)29-4/h5-11,19H,12-17H2,1-4H3/p+1/t19-/m1/s1. The molecule has 0 radical (unpaired) electrons. The zero-order valence-corrected chi connectivity index (χ0v) is 18.3. The van der Waals surface area contributed by atoms with Crippen molar-refractivity contribution in [3.05, 3.63) is 59.5 Å². The van der Waals surface area contributed by atoms with Gasteiger partial charge in [-0.2, -0.15) is 0 Å². The Morgan fingerprint density at radius 2 is 1.87 bits per heavy atom. The fourth-order valence-corrected chi connectivity index (χ4v) is 3.30. The number of carbonyl (C=O) groups is 2. The first-order valence-electron chi connectivity index (χ1n) is 10.2. The van der Waals surface area contributed by atoms with Crippen LogP contribution in [0, 0.1) is 6.92 Å². The molecular weight excluding hydrogens is 384 g/mol. The Labute approximate surface area is 178 Å². The summed E-state index contributed by atoms with van der Waals surface area (Å²) in [6.07, 6.45) is 0.742. The van der Waals surface area contributed by atoms with E-state index >= 15 is 0 Å². The summed E-state index contributed by atoms with van der Waals surface area (Å²) in [5.74, 6) is 1.17. The maximum atomic E-state index is 13.2. The van der Waals surface area contributed by atoms with Crippen LogP contribution in [-0.2, 0) is 32.0 Å². The minimum Gasteiger partial charge on any atom is -0.465 e. The number of nitrogens with zero attached hydrogens (tertiary/aromatic N) is 1. The van der Waals surface area contributed by atoms with Gasteiger partial charge in [-0.05, 0) is 38.0 Å². The first kappa shape index (κ1) is 23.6. The van der Waals surface area contributed by atoms with Crippen molar-refractivity contribution >= 4 is 11.9 Å². The number of hydrogen-bond acceptors (Lipinski definition) is 5. The van der Waals surface area contributed by atoms with E-state index in [9.17, 15) is 9.59 Å². The molecule has 2 atom stereocenters. The Balaban J connectivity index is 2.12. The molecular formula is C23H33N2O5+. The molecule has 0 bridgehead atoms. The third-order valence-corrected chi connectivity index (χ3v) is 5.18. The highest BCUT2D eigenvalue weighted by atomic mass is 16.5. The Hall–Kier alpha value is -2.64. The van der Waals surface area contributed by atoms with Gasteiger partial charge in [-0.1, -0.05) is 30.3 Å². The Morgan fingerprint density at radius 3 is 2.47 bits per heavy atom. The monoisotopic (exact) mass is 417 g/mol. The van der Waals surface area contributed by atoms with E-state index in [0.717, 1.165) is 28.4 Å². The average molecular weight is 418 g/mol. The highest BCUT2D eigenvalue weighted by Gasteiger charge is 2.30. The Kier molecular flexibility index (Phi) is 9.57. The number of amides is 1. The maximum absolute atomic E-state index is 13.2. The molecule has 0 fully saturated rings. The number of quaternary nitrogens is 1. The summed E-state index contributed by atoms with van der Waals surface area (Å²) in [5.41, 5.74) is 1.16. The van der Waals surface area contributed by atoms with Crippen LogP contribution >= 0.6 is 0 Å². The van der Waals surface area contributed by atoms with Crippen molar-refractivity contribution in [2.45, 2.75) is 32.9 Å². The fourth-order valence-electron chi connectivity index (χ4n) is 3.30. The Bertz CT molecular complexity index is 790. The van der Waals surface area contributed by atoms with Gasteiger partial charge in [-0.25, -0.2) is 4.79 Å². The third kappa shape index (κ3) is 7.31. The van der Waals surface area contributed by atoms with Gasteiger partial charge in [-0.15, -0.1) is 0 Å². The van der Waals surface area contributed by atoms with Crippen LogP contribution in [0.1, 0.15) is 24.0 Å². The lowest BCUT2D eigenvalue weighted by molar-refractivity contribution is -0.907. The van der Waals surface area contributed by atoms with Crippen LogP contribution < -0.4 is 4.90 Å². The van der Waals surface area contributed by atoms with Crippen molar-refractivity contribution in [2.75, 3.05) is 40.5 Å². The van der Waals surface area contributed by atoms with Crippen molar-refractivity contribution in [1.82, 2.24) is 4.90 Å². The number of rotatable bonds is 12. The maximum Gasteiger partial charge on any atom is 0.364 e. The largest absolute Gasteiger partial charge is 0.465 e. The molecule has 1 N–H and O–H groups in total. The zero-order chi connectivity index (χ0) is 21.9. The fraction of sp³-hybridized carbons (Fsp3) is 0.478. The van der Waals surface area contributed by atoms with Gasteiger partial charge in [-0.3, -0.25) is 4.79 Å². The number of methoxy groups -OCH3 is 2. The lowest BCUT2D eigenvalue weighted by Crippen LogP contribution is -3.18. The van der Waals surface area contributed by atoms with Crippen LogP contribution in [-0.4, -0.2) is 63.3 Å². The second-order valence-electron chi connectivity index (χ2n) is 7.39. The van der Waals surface area contributed by atoms with Gasteiger partial charge in [0.15, 0.2) is 12.6 Å². The first-order valence-corrected chi connectivity index (χ1v) is 10.2. The summed E-state index contributed by atoms with van der Waals surface area (Å²) in [4.78, 5) is 27.9. The molecule has 30 heavy (non-hydrogen) atoms. The van der Waals surface area contributed by atoms with Gasteiger partial charge in [0.2, 0.25) is 0 Å². The molecule has 0 aliphatic heterocycles. The molecule has 1 amide bonds. The number of ether oxygens (including phenoxy) is 2. The summed E-state index contributed by atoms with van der Waals surface area (Å²) in [5, 5.41) is 0. The van der Waals surface area contributed by atoms with Gasteiger partial charge in [0.1, 0.15) is 18.1 Å². The van der Waals surface area contributed by atoms with Crippen molar-refractivity contribution in [1.29, 1.82) is 0 Å². The number of esters is 1. The minimum atomic E-state index is -0.462. The van der Waals surface area contributed by atoms with Crippen LogP contribution in [0.3, 0.4) is 0 Å². The average Bonchev–Trinajstić information content (AvgIpc) is 3.18. The first-order chi connectivity index (χ1) is 14.4. The molecule has 0 aliphatic rings. The predicted molar refractivity (Wildman–Crippen MR) is 113 cm³/mol. The second kappa shape index (κ2) is 12.1. The predicted octanol–water partition coefficient (Wildman–Crippen LogP) is 1.25. The van der Waals surface area contributed by atoms with E-state index in [2.05, 4.69) is 12.1 Å². The molecule has 0 saturated carbocycles. The van der Waals surface area contributed by atoms with E-state index in [1.54, 1.807) is 18.9 Å².